The van der Waals surface area contributed by atoms with Crippen LogP contribution in [-0.4, -0.2) is 62.6 Å². The van der Waals surface area contributed by atoms with Gasteiger partial charge < -0.3 is 9.64 Å². The highest BCUT2D eigenvalue weighted by Gasteiger charge is 2.30. The molecule has 1 amide bonds. The van der Waals surface area contributed by atoms with Crippen molar-refractivity contribution in [2.45, 2.75) is 18.4 Å². The van der Waals surface area contributed by atoms with Crippen LogP contribution in [0, 0.1) is 0 Å². The molecule has 0 unspecified atom stereocenters. The Morgan fingerprint density at radius 2 is 1.62 bits per heavy atom. The minimum atomic E-state index is -3.66. The first kappa shape index (κ1) is 21.2. The molecule has 0 spiro atoms. The summed E-state index contributed by atoms with van der Waals surface area (Å²) in [6.07, 6.45) is 0. The van der Waals surface area contributed by atoms with Gasteiger partial charge in [-0.1, -0.05) is 24.3 Å². The molecule has 0 bridgehead atoms. The summed E-state index contributed by atoms with van der Waals surface area (Å²) < 4.78 is 32.2. The van der Waals surface area contributed by atoms with Crippen LogP contribution in [0.15, 0.2) is 53.4 Å². The fraction of sp³-hybridized carbons (Fsp3) is 0.333. The average molecular weight is 416 g/mol. The molecule has 2 aromatic carbocycles. The van der Waals surface area contributed by atoms with E-state index in [1.54, 1.807) is 24.1 Å². The van der Waals surface area contributed by atoms with Crippen LogP contribution in [0.1, 0.15) is 33.2 Å². The third-order valence-electron chi connectivity index (χ3n) is 4.91. The van der Waals surface area contributed by atoms with Gasteiger partial charge in [0.15, 0.2) is 5.78 Å². The first-order valence-corrected chi connectivity index (χ1v) is 10.8. The Hall–Kier alpha value is -2.55. The van der Waals surface area contributed by atoms with E-state index >= 15 is 0 Å². The predicted octanol–water partition coefficient (Wildman–Crippen LogP) is 2.18. The molecule has 1 saturated heterocycles. The summed E-state index contributed by atoms with van der Waals surface area (Å²) in [5.41, 5.74) is 1.94. The molecule has 1 fully saturated rings. The van der Waals surface area contributed by atoms with Crippen molar-refractivity contribution in [3.05, 3.63) is 65.2 Å². The van der Waals surface area contributed by atoms with Gasteiger partial charge in [-0.2, -0.15) is 4.31 Å². The second-order valence-corrected chi connectivity index (χ2v) is 8.85. The van der Waals surface area contributed by atoms with E-state index in [2.05, 4.69) is 0 Å². The number of carbonyl (C=O) groups is 2. The number of hydrogen-bond donors (Lipinski definition) is 0. The number of piperazine rings is 1. The summed E-state index contributed by atoms with van der Waals surface area (Å²) in [6.45, 7) is 2.94. The number of methoxy groups -OCH3 is 1. The Balaban J connectivity index is 1.67. The fourth-order valence-corrected chi connectivity index (χ4v) is 4.71. The minimum absolute atomic E-state index is 0.115. The van der Waals surface area contributed by atoms with Crippen molar-refractivity contribution in [1.82, 2.24) is 9.21 Å². The monoisotopic (exact) mass is 416 g/mol. The summed E-state index contributed by atoms with van der Waals surface area (Å²) in [4.78, 5) is 26.0. The maximum atomic E-state index is 12.9. The highest BCUT2D eigenvalue weighted by molar-refractivity contribution is 7.89. The van der Waals surface area contributed by atoms with Gasteiger partial charge in [0.25, 0.3) is 5.91 Å². The predicted molar refractivity (Wildman–Crippen MR) is 108 cm³/mol. The van der Waals surface area contributed by atoms with Gasteiger partial charge in [0.1, 0.15) is 0 Å². The first-order chi connectivity index (χ1) is 13.8. The smallest absolute Gasteiger partial charge is 0.253 e. The zero-order valence-corrected chi connectivity index (χ0v) is 17.3. The highest BCUT2D eigenvalue weighted by Crippen LogP contribution is 2.19. The summed E-state index contributed by atoms with van der Waals surface area (Å²) in [5, 5.41) is 0. The lowest BCUT2D eigenvalue weighted by atomic mass is 10.1. The SMILES string of the molecule is COCc1cccc(C(=O)N2CCN(S(=O)(=O)c3ccc(C(C)=O)cc3)CC2)c1. The summed E-state index contributed by atoms with van der Waals surface area (Å²) in [7, 11) is -2.07. The van der Waals surface area contributed by atoms with Crippen LogP contribution < -0.4 is 0 Å². The molecule has 0 atom stereocenters. The van der Waals surface area contributed by atoms with E-state index in [0.717, 1.165) is 5.56 Å². The highest BCUT2D eigenvalue weighted by atomic mass is 32.2. The summed E-state index contributed by atoms with van der Waals surface area (Å²) in [6, 6.07) is 13.2. The molecule has 0 aromatic heterocycles. The van der Waals surface area contributed by atoms with Crippen molar-refractivity contribution in [2.75, 3.05) is 33.3 Å². The number of rotatable bonds is 6. The lowest BCUT2D eigenvalue weighted by Gasteiger charge is -2.34. The molecule has 154 valence electrons. The van der Waals surface area contributed by atoms with Gasteiger partial charge >= 0.3 is 0 Å². The molecule has 29 heavy (non-hydrogen) atoms. The molecule has 0 saturated carbocycles. The first-order valence-electron chi connectivity index (χ1n) is 9.31. The third-order valence-corrected chi connectivity index (χ3v) is 6.82. The van der Waals surface area contributed by atoms with Gasteiger partial charge in [-0.25, -0.2) is 8.42 Å². The number of nitrogens with zero attached hydrogens (tertiary/aromatic N) is 2. The quantitative estimate of drug-likeness (QED) is 0.674. The van der Waals surface area contributed by atoms with Crippen molar-refractivity contribution >= 4 is 21.7 Å². The minimum Gasteiger partial charge on any atom is -0.380 e. The van der Waals surface area contributed by atoms with Crippen LogP contribution in [0.3, 0.4) is 0 Å². The van der Waals surface area contributed by atoms with Crippen molar-refractivity contribution in [1.29, 1.82) is 0 Å². The van der Waals surface area contributed by atoms with E-state index in [9.17, 15) is 18.0 Å². The van der Waals surface area contributed by atoms with Gasteiger partial charge in [-0.05, 0) is 36.8 Å². The molecule has 7 nitrogen and oxygen atoms in total. The topological polar surface area (TPSA) is 84.0 Å². The molecule has 2 aromatic rings. The van der Waals surface area contributed by atoms with Crippen LogP contribution >= 0.6 is 0 Å². The number of amides is 1. The molecule has 0 N–H and O–H groups in total. The lowest BCUT2D eigenvalue weighted by molar-refractivity contribution is 0.0697. The zero-order chi connectivity index (χ0) is 21.0. The van der Waals surface area contributed by atoms with E-state index in [-0.39, 0.29) is 29.7 Å². The van der Waals surface area contributed by atoms with Crippen LogP contribution in [-0.2, 0) is 21.4 Å². The van der Waals surface area contributed by atoms with Crippen molar-refractivity contribution < 1.29 is 22.7 Å². The van der Waals surface area contributed by atoms with E-state index in [1.165, 1.54) is 35.5 Å². The number of benzene rings is 2. The summed E-state index contributed by atoms with van der Waals surface area (Å²) in [5.74, 6) is -0.235. The molecule has 1 aliphatic heterocycles. The number of ether oxygens (including phenoxy) is 1. The van der Waals surface area contributed by atoms with E-state index in [1.807, 2.05) is 12.1 Å². The molecule has 3 rings (SSSR count). The molecule has 1 heterocycles. The maximum absolute atomic E-state index is 12.9. The van der Waals surface area contributed by atoms with Crippen LogP contribution in [0.25, 0.3) is 0 Å². The normalized spacial score (nSPS) is 15.3. The Morgan fingerprint density at radius 3 is 2.21 bits per heavy atom. The average Bonchev–Trinajstić information content (AvgIpc) is 2.74. The summed E-state index contributed by atoms with van der Waals surface area (Å²) >= 11 is 0. The molecule has 8 heteroatoms. The third kappa shape index (κ3) is 4.72. The molecule has 1 aliphatic rings. The maximum Gasteiger partial charge on any atom is 0.253 e. The lowest BCUT2D eigenvalue weighted by Crippen LogP contribution is -2.50. The number of Topliss-reactive ketones (excluding diaryl/α,β-unsaturated/α-hetero) is 1. The second kappa shape index (κ2) is 8.86. The number of hydrogen-bond acceptors (Lipinski definition) is 5. The van der Waals surface area contributed by atoms with Crippen molar-refractivity contribution in [3.63, 3.8) is 0 Å². The fourth-order valence-electron chi connectivity index (χ4n) is 3.29. The molecule has 0 aliphatic carbocycles. The standard InChI is InChI=1S/C21H24N2O5S/c1-16(24)18-6-8-20(9-7-18)29(26,27)23-12-10-22(11-13-23)21(25)19-5-3-4-17(14-19)15-28-2/h3-9,14H,10-13,15H2,1-2H3. The Labute approximate surface area is 170 Å². The Morgan fingerprint density at radius 1 is 0.966 bits per heavy atom. The van der Waals surface area contributed by atoms with Crippen molar-refractivity contribution in [3.8, 4) is 0 Å². The van der Waals surface area contributed by atoms with Gasteiger partial charge in [-0.15, -0.1) is 0 Å². The van der Waals surface area contributed by atoms with Crippen LogP contribution in [0.4, 0.5) is 0 Å². The van der Waals surface area contributed by atoms with E-state index in [0.29, 0.717) is 30.8 Å². The van der Waals surface area contributed by atoms with Crippen LogP contribution in [0.5, 0.6) is 0 Å². The van der Waals surface area contributed by atoms with E-state index in [4.69, 9.17) is 4.74 Å². The zero-order valence-electron chi connectivity index (χ0n) is 16.5. The molecular formula is C21H24N2O5S. The molecule has 0 radical (unpaired) electrons. The Bertz CT molecular complexity index is 994. The van der Waals surface area contributed by atoms with Gasteiger partial charge in [0.05, 0.1) is 11.5 Å². The van der Waals surface area contributed by atoms with Gasteiger partial charge in [0, 0.05) is 44.4 Å². The van der Waals surface area contributed by atoms with E-state index < -0.39 is 10.0 Å². The number of carbonyl (C=O) groups excluding carboxylic acids is 2. The second-order valence-electron chi connectivity index (χ2n) is 6.91. The van der Waals surface area contributed by atoms with Gasteiger partial charge in [0.2, 0.25) is 10.0 Å². The Kier molecular flexibility index (Phi) is 6.46. The number of ketones is 1. The van der Waals surface area contributed by atoms with Gasteiger partial charge in [-0.3, -0.25) is 9.59 Å². The largest absolute Gasteiger partial charge is 0.380 e. The number of sulfonamides is 1. The molecular weight excluding hydrogens is 392 g/mol. The van der Waals surface area contributed by atoms with Crippen LogP contribution in [0.2, 0.25) is 0 Å². The van der Waals surface area contributed by atoms with Crippen molar-refractivity contribution in [2.24, 2.45) is 0 Å².